The number of hydrogen-bond donors (Lipinski definition) is 1. The third kappa shape index (κ3) is 5.62. The summed E-state index contributed by atoms with van der Waals surface area (Å²) >= 11 is 6.08. The minimum absolute atomic E-state index is 0.0154. The molecule has 1 amide bonds. The molecule has 1 aliphatic carbocycles. The molecule has 2 aromatic heterocycles. The van der Waals surface area contributed by atoms with E-state index >= 15 is 0 Å². The van der Waals surface area contributed by atoms with Crippen LogP contribution in [0, 0.1) is 17.2 Å². The van der Waals surface area contributed by atoms with E-state index in [0.29, 0.717) is 18.2 Å². The Morgan fingerprint density at radius 1 is 1.09 bits per heavy atom. The van der Waals surface area contributed by atoms with E-state index in [1.54, 1.807) is 0 Å². The largest absolute Gasteiger partial charge is 0.450 e. The number of benzene rings is 1. The zero-order chi connectivity index (χ0) is 33.2. The van der Waals surface area contributed by atoms with Crippen LogP contribution in [0.2, 0.25) is 5.02 Å². The lowest BCUT2D eigenvalue weighted by Crippen LogP contribution is -2.60. The molecule has 2 atom stereocenters. The molecule has 10 nitrogen and oxygen atoms in total. The third-order valence-electron chi connectivity index (χ3n) is 6.15. The van der Waals surface area contributed by atoms with E-state index in [4.69, 9.17) is 16.9 Å². The molecular formula is C22H13ClF10N6O4S. The molecule has 1 aromatic carbocycles. The second-order valence-electron chi connectivity index (χ2n) is 9.17. The average Bonchev–Trinajstić information content (AvgIpc) is 3.28. The molecule has 0 unspecified atom stereocenters. The van der Waals surface area contributed by atoms with Crippen molar-refractivity contribution < 1.29 is 61.3 Å². The molecule has 4 rings (SSSR count). The van der Waals surface area contributed by atoms with Crippen LogP contribution in [0.15, 0.2) is 30.6 Å². The van der Waals surface area contributed by atoms with Gasteiger partial charge in [0.25, 0.3) is 11.8 Å². The van der Waals surface area contributed by atoms with Crippen LogP contribution in [0.1, 0.15) is 22.3 Å². The molecule has 1 fully saturated rings. The molecule has 0 spiro atoms. The first-order valence-electron chi connectivity index (χ1n) is 11.5. The van der Waals surface area contributed by atoms with Gasteiger partial charge in [-0.3, -0.25) is 4.79 Å². The van der Waals surface area contributed by atoms with Crippen molar-refractivity contribution in [2.45, 2.75) is 36.0 Å². The number of halogens is 11. The number of amides is 1. The molecule has 0 bridgehead atoms. The molecule has 44 heavy (non-hydrogen) atoms. The fraction of sp³-hybridized carbons (Fsp3) is 0.364. The van der Waals surface area contributed by atoms with Crippen LogP contribution in [-0.4, -0.2) is 57.3 Å². The molecular weight excluding hydrogens is 670 g/mol. The molecule has 1 saturated carbocycles. The normalized spacial score (nSPS) is 17.7. The van der Waals surface area contributed by atoms with Crippen molar-refractivity contribution >= 4 is 27.6 Å². The second kappa shape index (κ2) is 10.5. The van der Waals surface area contributed by atoms with E-state index < -0.39 is 68.8 Å². The summed E-state index contributed by atoms with van der Waals surface area (Å²) in [7, 11) is -6.93. The van der Waals surface area contributed by atoms with E-state index in [1.807, 2.05) is 6.07 Å². The summed E-state index contributed by atoms with van der Waals surface area (Å²) in [6, 6.07) is 5.33. The maximum absolute atomic E-state index is 14.2. The number of rotatable bonds is 7. The molecule has 2 heterocycles. The summed E-state index contributed by atoms with van der Waals surface area (Å²) in [6.45, 7) is 0. The Bertz CT molecular complexity index is 1760. The topological polar surface area (TPSA) is 132 Å². The molecule has 0 saturated heterocycles. The van der Waals surface area contributed by atoms with E-state index in [9.17, 15) is 57.1 Å². The number of carbonyl (C=O) groups excluding carboxylic acids is 1. The van der Waals surface area contributed by atoms with Gasteiger partial charge >= 0.3 is 33.6 Å². The smallest absolute Gasteiger partial charge is 0.356 e. The summed E-state index contributed by atoms with van der Waals surface area (Å²) in [5, 5.41) is 10.9. The van der Waals surface area contributed by atoms with Crippen molar-refractivity contribution in [3.63, 3.8) is 0 Å². The number of aromatic nitrogens is 4. The van der Waals surface area contributed by atoms with Gasteiger partial charge in [0, 0.05) is 24.8 Å². The third-order valence-corrected chi connectivity index (χ3v) is 8.01. The Morgan fingerprint density at radius 2 is 1.70 bits per heavy atom. The lowest BCUT2D eigenvalue weighted by molar-refractivity contribution is -0.307. The number of nitrogens with zero attached hydrogens (tertiary/aromatic N) is 5. The molecule has 0 aliphatic heterocycles. The first-order chi connectivity index (χ1) is 20.0. The van der Waals surface area contributed by atoms with Gasteiger partial charge < -0.3 is 9.50 Å². The van der Waals surface area contributed by atoms with E-state index in [2.05, 4.69) is 19.7 Å². The lowest BCUT2D eigenvalue weighted by Gasteiger charge is -2.28. The minimum Gasteiger partial charge on any atom is -0.356 e. The van der Waals surface area contributed by atoms with Gasteiger partial charge in [0.1, 0.15) is 0 Å². The zero-order valence-corrected chi connectivity index (χ0v) is 22.8. The SMILES string of the molecule is Cn1nc(OS(=O)(=O)C(F)(C(F)(F)F)C(F)(F)F)c(C(F)(F)F)c1-n1cc(-c2ccc(Cl)c(C(=O)N[C@H]3C[C@@H]3C#N)c2)cn1. The Morgan fingerprint density at radius 3 is 2.23 bits per heavy atom. The van der Waals surface area contributed by atoms with Gasteiger partial charge in [-0.15, -0.1) is 5.10 Å². The number of nitrogens with one attached hydrogen (secondary N) is 1. The van der Waals surface area contributed by atoms with Crippen molar-refractivity contribution in [3.8, 4) is 28.9 Å². The van der Waals surface area contributed by atoms with Crippen molar-refractivity contribution in [3.05, 3.63) is 46.7 Å². The molecule has 0 radical (unpaired) electrons. The first-order valence-corrected chi connectivity index (χ1v) is 13.3. The monoisotopic (exact) mass is 682 g/mol. The van der Waals surface area contributed by atoms with Gasteiger partial charge in [-0.2, -0.15) is 58.3 Å². The fourth-order valence-corrected chi connectivity index (χ4v) is 5.09. The fourth-order valence-electron chi connectivity index (χ4n) is 3.88. The maximum Gasteiger partial charge on any atom is 0.450 e. The van der Waals surface area contributed by atoms with Crippen molar-refractivity contribution in [1.29, 1.82) is 5.26 Å². The highest BCUT2D eigenvalue weighted by molar-refractivity contribution is 7.88. The van der Waals surface area contributed by atoms with E-state index in [-0.39, 0.29) is 26.4 Å². The van der Waals surface area contributed by atoms with Gasteiger partial charge in [0.15, 0.2) is 11.4 Å². The van der Waals surface area contributed by atoms with Gasteiger partial charge in [-0.25, -0.2) is 13.8 Å². The first kappa shape index (κ1) is 32.8. The summed E-state index contributed by atoms with van der Waals surface area (Å²) in [6.07, 6.45) is -18.0. The van der Waals surface area contributed by atoms with Crippen LogP contribution in [0.3, 0.4) is 0 Å². The summed E-state index contributed by atoms with van der Waals surface area (Å²) in [4.78, 5) is 12.6. The Kier molecular flexibility index (Phi) is 7.86. The maximum atomic E-state index is 14.2. The standard InChI is InChI=1S/C22H13ClF10N6O4S/c1-38-18(15(19(24,25)26)17(37-38)43-44(41,42)20(27,21(28,29)30)22(31,32)33)39-8-11(7-35-39)9-2-3-13(23)12(4-9)16(40)36-14-5-10(14)6-34/h2-4,7-8,10,14H,5H2,1H3,(H,36,40)/t10-,14+/m1/s1. The molecule has 1 aliphatic rings. The van der Waals surface area contributed by atoms with Crippen LogP contribution in [0.4, 0.5) is 43.9 Å². The van der Waals surface area contributed by atoms with Crippen molar-refractivity contribution in [2.24, 2.45) is 13.0 Å². The van der Waals surface area contributed by atoms with Gasteiger partial charge in [0.05, 0.1) is 28.8 Å². The average molecular weight is 683 g/mol. The van der Waals surface area contributed by atoms with Crippen LogP contribution < -0.4 is 9.50 Å². The molecule has 22 heteroatoms. The van der Waals surface area contributed by atoms with E-state index in [0.717, 1.165) is 12.4 Å². The molecule has 238 valence electrons. The molecule has 1 N–H and O–H groups in total. The van der Waals surface area contributed by atoms with Crippen LogP contribution in [0.25, 0.3) is 16.9 Å². The Hall–Kier alpha value is -4.06. The quantitative estimate of drug-likeness (QED) is 0.272. The Labute approximate surface area is 243 Å². The lowest BCUT2D eigenvalue weighted by atomic mass is 10.1. The van der Waals surface area contributed by atoms with Gasteiger partial charge in [0.2, 0.25) is 0 Å². The van der Waals surface area contributed by atoms with Gasteiger partial charge in [-0.05, 0) is 24.1 Å². The summed E-state index contributed by atoms with van der Waals surface area (Å²) < 4.78 is 162. The predicted molar refractivity (Wildman–Crippen MR) is 126 cm³/mol. The highest BCUT2D eigenvalue weighted by Gasteiger charge is 2.82. The van der Waals surface area contributed by atoms with Crippen LogP contribution in [-0.2, 0) is 23.3 Å². The second-order valence-corrected chi connectivity index (χ2v) is 11.2. The number of nitriles is 1. The molecule has 3 aromatic rings. The van der Waals surface area contributed by atoms with Gasteiger partial charge in [-0.1, -0.05) is 17.7 Å². The zero-order valence-electron chi connectivity index (χ0n) is 21.2. The highest BCUT2D eigenvalue weighted by Crippen LogP contribution is 2.51. The highest BCUT2D eigenvalue weighted by atomic mass is 35.5. The number of hydrogen-bond acceptors (Lipinski definition) is 7. The number of aryl methyl sites for hydroxylation is 1. The van der Waals surface area contributed by atoms with Crippen molar-refractivity contribution in [1.82, 2.24) is 24.9 Å². The Balaban J connectivity index is 1.75. The van der Waals surface area contributed by atoms with Crippen LogP contribution >= 0.6 is 11.6 Å². The number of carbonyl (C=O) groups is 1. The summed E-state index contributed by atoms with van der Waals surface area (Å²) in [5.41, 5.74) is -2.30. The number of alkyl halides is 10. The predicted octanol–water partition coefficient (Wildman–Crippen LogP) is 5.09. The minimum atomic E-state index is -7.61. The van der Waals surface area contributed by atoms with E-state index in [1.165, 1.54) is 18.2 Å². The van der Waals surface area contributed by atoms with Crippen molar-refractivity contribution in [2.75, 3.05) is 0 Å². The van der Waals surface area contributed by atoms with Crippen LogP contribution in [0.5, 0.6) is 5.88 Å². The summed E-state index contributed by atoms with van der Waals surface area (Å²) in [5.74, 6) is -4.69.